The summed E-state index contributed by atoms with van der Waals surface area (Å²) in [6.07, 6.45) is 7.04. The smallest absolute Gasteiger partial charge is 0.306 e. The minimum Gasteiger partial charge on any atom is -0.432 e. The van der Waals surface area contributed by atoms with Crippen LogP contribution in [0.5, 0.6) is 0 Å². The van der Waals surface area contributed by atoms with Crippen molar-refractivity contribution in [3.63, 3.8) is 0 Å². The van der Waals surface area contributed by atoms with Crippen LogP contribution in [0.3, 0.4) is 0 Å². The number of rotatable bonds is 3. The van der Waals surface area contributed by atoms with Gasteiger partial charge in [-0.05, 0) is 49.7 Å². The van der Waals surface area contributed by atoms with Gasteiger partial charge in [0, 0.05) is 30.2 Å². The molecular weight excluding hydrogens is 359 g/mol. The van der Waals surface area contributed by atoms with E-state index in [0.29, 0.717) is 23.2 Å². The van der Waals surface area contributed by atoms with Crippen LogP contribution in [0.25, 0.3) is 28.5 Å². The lowest BCUT2D eigenvalue weighted by molar-refractivity contribution is 0.596. The summed E-state index contributed by atoms with van der Waals surface area (Å²) in [6.45, 7) is 1.77. The lowest BCUT2D eigenvalue weighted by atomic mass is 10.1. The SMILES string of the molecule is Fc1ccc(-c2nc3occn3c2-c2ccnc(/N=C3/CCCNC3)n2)cc1. The van der Waals surface area contributed by atoms with E-state index in [2.05, 4.69) is 25.3 Å². The highest BCUT2D eigenvalue weighted by Gasteiger charge is 2.19. The molecule has 7 nitrogen and oxygen atoms in total. The highest BCUT2D eigenvalue weighted by molar-refractivity contribution is 5.88. The van der Waals surface area contributed by atoms with Crippen molar-refractivity contribution in [2.45, 2.75) is 12.8 Å². The number of benzene rings is 1. The van der Waals surface area contributed by atoms with Crippen molar-refractivity contribution in [1.82, 2.24) is 24.7 Å². The van der Waals surface area contributed by atoms with Crippen molar-refractivity contribution >= 4 is 17.5 Å². The topological polar surface area (TPSA) is 80.6 Å². The molecule has 1 fully saturated rings. The van der Waals surface area contributed by atoms with Crippen LogP contribution in [0, 0.1) is 5.82 Å². The minimum atomic E-state index is -0.297. The number of halogens is 1. The van der Waals surface area contributed by atoms with Gasteiger partial charge in [0.1, 0.15) is 23.5 Å². The highest BCUT2D eigenvalue weighted by Crippen LogP contribution is 2.32. The Kier molecular flexibility index (Phi) is 4.17. The van der Waals surface area contributed by atoms with Crippen LogP contribution in [0.1, 0.15) is 12.8 Å². The molecule has 0 unspecified atom stereocenters. The minimum absolute atomic E-state index is 0.297. The number of nitrogens with one attached hydrogen (secondary N) is 1. The van der Waals surface area contributed by atoms with Crippen molar-refractivity contribution in [2.24, 2.45) is 4.99 Å². The molecule has 1 saturated heterocycles. The molecule has 1 aromatic carbocycles. The van der Waals surface area contributed by atoms with Crippen molar-refractivity contribution in [2.75, 3.05) is 13.1 Å². The molecule has 0 bridgehead atoms. The van der Waals surface area contributed by atoms with Crippen LogP contribution in [-0.2, 0) is 0 Å². The third-order valence-corrected chi connectivity index (χ3v) is 4.67. The summed E-state index contributed by atoms with van der Waals surface area (Å²) in [5, 5.41) is 3.31. The van der Waals surface area contributed by atoms with E-state index in [1.165, 1.54) is 12.1 Å². The Morgan fingerprint density at radius 3 is 2.86 bits per heavy atom. The molecule has 0 aliphatic carbocycles. The second-order valence-electron chi connectivity index (χ2n) is 6.57. The van der Waals surface area contributed by atoms with E-state index in [1.54, 1.807) is 30.8 Å². The zero-order chi connectivity index (χ0) is 18.9. The van der Waals surface area contributed by atoms with Gasteiger partial charge in [0.25, 0.3) is 0 Å². The van der Waals surface area contributed by atoms with Gasteiger partial charge in [-0.1, -0.05) is 0 Å². The van der Waals surface area contributed by atoms with E-state index in [1.807, 2.05) is 10.5 Å². The second kappa shape index (κ2) is 6.97. The average Bonchev–Trinajstić information content (AvgIpc) is 3.31. The molecule has 5 rings (SSSR count). The number of nitrogens with zero attached hydrogens (tertiary/aromatic N) is 5. The maximum Gasteiger partial charge on any atom is 0.306 e. The van der Waals surface area contributed by atoms with Crippen LogP contribution in [0.15, 0.2) is 58.4 Å². The maximum atomic E-state index is 13.4. The van der Waals surface area contributed by atoms with Crippen LogP contribution >= 0.6 is 0 Å². The first-order valence-electron chi connectivity index (χ1n) is 9.10. The van der Waals surface area contributed by atoms with E-state index in [9.17, 15) is 4.39 Å². The largest absolute Gasteiger partial charge is 0.432 e. The standard InChI is InChI=1S/C20H17FN6O/c21-14-5-3-13(4-6-14)17-18(27-10-11-28-20(27)26-17)16-7-9-23-19(25-16)24-15-2-1-8-22-12-15/h3-7,9-11,22H,1-2,8,12H2/b24-15-. The number of aromatic nitrogens is 4. The predicted molar refractivity (Wildman–Crippen MR) is 103 cm³/mol. The van der Waals surface area contributed by atoms with Gasteiger partial charge >= 0.3 is 5.84 Å². The molecule has 1 aliphatic rings. The Bertz CT molecular complexity index is 1150. The zero-order valence-electron chi connectivity index (χ0n) is 15.0. The van der Waals surface area contributed by atoms with Gasteiger partial charge in [-0.3, -0.25) is 4.40 Å². The Balaban J connectivity index is 1.63. The average molecular weight is 376 g/mol. The van der Waals surface area contributed by atoms with E-state index < -0.39 is 0 Å². The van der Waals surface area contributed by atoms with E-state index in [4.69, 9.17) is 4.42 Å². The Morgan fingerprint density at radius 1 is 1.14 bits per heavy atom. The molecule has 4 heterocycles. The van der Waals surface area contributed by atoms with Gasteiger partial charge in [0.15, 0.2) is 0 Å². The maximum absolute atomic E-state index is 13.4. The summed E-state index contributed by atoms with van der Waals surface area (Å²) in [6, 6.07) is 8.01. The van der Waals surface area contributed by atoms with Crippen molar-refractivity contribution in [1.29, 1.82) is 0 Å². The number of imidazole rings is 1. The van der Waals surface area contributed by atoms with Crippen molar-refractivity contribution in [3.05, 3.63) is 54.8 Å². The monoisotopic (exact) mass is 376 g/mol. The summed E-state index contributed by atoms with van der Waals surface area (Å²) < 4.78 is 20.6. The number of hydrogen-bond donors (Lipinski definition) is 1. The molecule has 3 aromatic heterocycles. The first-order valence-corrected chi connectivity index (χ1v) is 9.10. The summed E-state index contributed by atoms with van der Waals surface area (Å²) in [7, 11) is 0. The first kappa shape index (κ1) is 16.8. The van der Waals surface area contributed by atoms with Gasteiger partial charge in [-0.15, -0.1) is 0 Å². The third kappa shape index (κ3) is 3.07. The molecule has 1 N–H and O–H groups in total. The second-order valence-corrected chi connectivity index (χ2v) is 6.57. The van der Waals surface area contributed by atoms with Gasteiger partial charge in [-0.25, -0.2) is 19.4 Å². The molecule has 0 atom stereocenters. The van der Waals surface area contributed by atoms with Crippen LogP contribution in [-0.4, -0.2) is 38.2 Å². The zero-order valence-corrected chi connectivity index (χ0v) is 15.0. The Labute approximate surface area is 160 Å². The molecule has 4 aromatic rings. The molecule has 0 spiro atoms. The number of aliphatic imine (C=N–C) groups is 1. The van der Waals surface area contributed by atoms with E-state index in [0.717, 1.165) is 42.9 Å². The molecule has 140 valence electrons. The molecular formula is C20H17FN6O. The molecule has 1 aliphatic heterocycles. The number of piperidine rings is 1. The third-order valence-electron chi connectivity index (χ3n) is 4.67. The summed E-state index contributed by atoms with van der Waals surface area (Å²) >= 11 is 0. The number of hydrogen-bond acceptors (Lipinski definition) is 6. The van der Waals surface area contributed by atoms with Gasteiger partial charge in [0.2, 0.25) is 5.95 Å². The molecule has 0 radical (unpaired) electrons. The molecule has 28 heavy (non-hydrogen) atoms. The number of oxazole rings is 1. The lowest BCUT2D eigenvalue weighted by Crippen LogP contribution is -2.29. The van der Waals surface area contributed by atoms with Crippen molar-refractivity contribution in [3.8, 4) is 22.6 Å². The number of fused-ring (bicyclic) bond motifs is 1. The van der Waals surface area contributed by atoms with Crippen LogP contribution in [0.4, 0.5) is 10.3 Å². The Hall–Kier alpha value is -3.39. The van der Waals surface area contributed by atoms with Gasteiger partial charge in [-0.2, -0.15) is 4.98 Å². The fourth-order valence-corrected chi connectivity index (χ4v) is 3.35. The predicted octanol–water partition coefficient (Wildman–Crippen LogP) is 3.65. The fraction of sp³-hybridized carbons (Fsp3) is 0.200. The van der Waals surface area contributed by atoms with Gasteiger partial charge < -0.3 is 9.73 Å². The quantitative estimate of drug-likeness (QED) is 0.590. The lowest BCUT2D eigenvalue weighted by Gasteiger charge is -2.13. The highest BCUT2D eigenvalue weighted by atomic mass is 19.1. The first-order chi connectivity index (χ1) is 13.8. The van der Waals surface area contributed by atoms with E-state index in [-0.39, 0.29) is 5.82 Å². The van der Waals surface area contributed by atoms with Gasteiger partial charge in [0.05, 0.1) is 5.69 Å². The van der Waals surface area contributed by atoms with Crippen molar-refractivity contribution < 1.29 is 8.81 Å². The summed E-state index contributed by atoms with van der Waals surface area (Å²) in [4.78, 5) is 18.1. The summed E-state index contributed by atoms with van der Waals surface area (Å²) in [5.41, 5.74) is 3.91. The fourth-order valence-electron chi connectivity index (χ4n) is 3.35. The van der Waals surface area contributed by atoms with Crippen LogP contribution in [0.2, 0.25) is 0 Å². The molecule has 0 saturated carbocycles. The molecule has 0 amide bonds. The molecule has 8 heteroatoms. The van der Waals surface area contributed by atoms with Crippen LogP contribution < -0.4 is 5.32 Å². The Morgan fingerprint density at radius 2 is 2.04 bits per heavy atom. The summed E-state index contributed by atoms with van der Waals surface area (Å²) in [5.74, 6) is 0.561. The normalized spacial score (nSPS) is 16.1. The van der Waals surface area contributed by atoms with E-state index >= 15 is 0 Å².